The van der Waals surface area contributed by atoms with Crippen molar-refractivity contribution in [3.8, 4) is 0 Å². The summed E-state index contributed by atoms with van der Waals surface area (Å²) in [6, 6.07) is 7.91. The fourth-order valence-electron chi connectivity index (χ4n) is 1.97. The van der Waals surface area contributed by atoms with E-state index in [1.807, 2.05) is 37.3 Å². The number of nitrogens with one attached hydrogen (secondary N) is 2. The molecule has 1 amide bonds. The maximum absolute atomic E-state index is 12.2. The lowest BCUT2D eigenvalue weighted by Gasteiger charge is -2.31. The molecular weight excluding hydrogens is 256 g/mol. The molecule has 1 atom stereocenters. The molecule has 1 fully saturated rings. The predicted molar refractivity (Wildman–Crippen MR) is 81.5 cm³/mol. The minimum absolute atomic E-state index is 0.0544. The van der Waals surface area contributed by atoms with Crippen molar-refractivity contribution < 1.29 is 4.79 Å². The SMILES string of the molecule is C=CCSc1ccccc1NC(=O)C(C)C1CNC1. The van der Waals surface area contributed by atoms with Crippen LogP contribution in [0.1, 0.15) is 6.92 Å². The Hall–Kier alpha value is -1.26. The van der Waals surface area contributed by atoms with Crippen LogP contribution in [-0.4, -0.2) is 24.7 Å². The molecule has 3 nitrogen and oxygen atoms in total. The van der Waals surface area contributed by atoms with Crippen LogP contribution in [0.3, 0.4) is 0 Å². The normalized spacial score (nSPS) is 16.5. The number of hydrogen-bond acceptors (Lipinski definition) is 3. The molecule has 0 saturated carbocycles. The molecule has 2 N–H and O–H groups in total. The number of anilines is 1. The minimum atomic E-state index is 0.0544. The third-order valence-corrected chi connectivity index (χ3v) is 4.50. The molecule has 0 aromatic heterocycles. The summed E-state index contributed by atoms with van der Waals surface area (Å²) in [5, 5.41) is 6.25. The molecule has 0 radical (unpaired) electrons. The van der Waals surface area contributed by atoms with E-state index in [0.29, 0.717) is 5.92 Å². The van der Waals surface area contributed by atoms with E-state index in [9.17, 15) is 4.79 Å². The molecule has 1 heterocycles. The van der Waals surface area contributed by atoms with Crippen molar-refractivity contribution in [3.63, 3.8) is 0 Å². The molecule has 19 heavy (non-hydrogen) atoms. The average molecular weight is 276 g/mol. The molecule has 1 aromatic carbocycles. The number of carbonyl (C=O) groups is 1. The van der Waals surface area contributed by atoms with Gasteiger partial charge in [-0.15, -0.1) is 18.3 Å². The molecule has 0 aliphatic carbocycles. The maximum Gasteiger partial charge on any atom is 0.227 e. The second-order valence-corrected chi connectivity index (χ2v) is 5.85. The summed E-state index contributed by atoms with van der Waals surface area (Å²) in [6.07, 6.45) is 1.87. The molecule has 2 rings (SSSR count). The Bertz CT molecular complexity index is 457. The van der Waals surface area contributed by atoms with Crippen LogP contribution in [0.15, 0.2) is 41.8 Å². The van der Waals surface area contributed by atoms with Crippen molar-refractivity contribution in [1.29, 1.82) is 0 Å². The van der Waals surface area contributed by atoms with Gasteiger partial charge in [0.25, 0.3) is 0 Å². The van der Waals surface area contributed by atoms with Gasteiger partial charge in [-0.25, -0.2) is 0 Å². The molecule has 1 aromatic rings. The summed E-state index contributed by atoms with van der Waals surface area (Å²) in [7, 11) is 0. The maximum atomic E-state index is 12.2. The van der Waals surface area contributed by atoms with Gasteiger partial charge in [0.15, 0.2) is 0 Å². The van der Waals surface area contributed by atoms with Crippen molar-refractivity contribution in [1.82, 2.24) is 5.32 Å². The van der Waals surface area contributed by atoms with Gasteiger partial charge in [0.1, 0.15) is 0 Å². The molecule has 102 valence electrons. The number of thioether (sulfide) groups is 1. The zero-order valence-corrected chi connectivity index (χ0v) is 12.0. The first-order chi connectivity index (χ1) is 9.22. The zero-order chi connectivity index (χ0) is 13.7. The summed E-state index contributed by atoms with van der Waals surface area (Å²) < 4.78 is 0. The quantitative estimate of drug-likeness (QED) is 0.620. The van der Waals surface area contributed by atoms with Gasteiger partial charge in [0.2, 0.25) is 5.91 Å². The van der Waals surface area contributed by atoms with Gasteiger partial charge in [-0.2, -0.15) is 0 Å². The number of para-hydroxylation sites is 1. The highest BCUT2D eigenvalue weighted by Crippen LogP contribution is 2.28. The van der Waals surface area contributed by atoms with Crippen molar-refractivity contribution >= 4 is 23.4 Å². The van der Waals surface area contributed by atoms with Crippen LogP contribution in [0.4, 0.5) is 5.69 Å². The van der Waals surface area contributed by atoms with E-state index >= 15 is 0 Å². The van der Waals surface area contributed by atoms with Crippen molar-refractivity contribution in [3.05, 3.63) is 36.9 Å². The highest BCUT2D eigenvalue weighted by Gasteiger charge is 2.28. The lowest BCUT2D eigenvalue weighted by atomic mass is 9.88. The van der Waals surface area contributed by atoms with Gasteiger partial charge in [0.05, 0.1) is 5.69 Å². The van der Waals surface area contributed by atoms with Crippen molar-refractivity contribution in [2.45, 2.75) is 11.8 Å². The average Bonchev–Trinajstić information content (AvgIpc) is 2.35. The molecule has 1 saturated heterocycles. The number of rotatable bonds is 6. The molecule has 1 unspecified atom stereocenters. The smallest absolute Gasteiger partial charge is 0.227 e. The van der Waals surface area contributed by atoms with E-state index < -0.39 is 0 Å². The highest BCUT2D eigenvalue weighted by molar-refractivity contribution is 7.99. The molecule has 1 aliphatic heterocycles. The van der Waals surface area contributed by atoms with Crippen LogP contribution < -0.4 is 10.6 Å². The largest absolute Gasteiger partial charge is 0.325 e. The lowest BCUT2D eigenvalue weighted by Crippen LogP contribution is -2.48. The summed E-state index contributed by atoms with van der Waals surface area (Å²) in [4.78, 5) is 13.3. The zero-order valence-electron chi connectivity index (χ0n) is 11.2. The second-order valence-electron chi connectivity index (χ2n) is 4.79. The topological polar surface area (TPSA) is 41.1 Å². The summed E-state index contributed by atoms with van der Waals surface area (Å²) in [5.74, 6) is 1.47. The molecule has 0 bridgehead atoms. The third-order valence-electron chi connectivity index (χ3n) is 3.44. The number of benzene rings is 1. The van der Waals surface area contributed by atoms with Gasteiger partial charge >= 0.3 is 0 Å². The van der Waals surface area contributed by atoms with Gasteiger partial charge in [-0.1, -0.05) is 25.1 Å². The Morgan fingerprint density at radius 3 is 2.95 bits per heavy atom. The standard InChI is InChI=1S/C15H20N2OS/c1-3-8-19-14-7-5-4-6-13(14)17-15(18)11(2)12-9-16-10-12/h3-7,11-12,16H,1,8-10H2,2H3,(H,17,18). The van der Waals surface area contributed by atoms with E-state index in [1.54, 1.807) is 11.8 Å². The van der Waals surface area contributed by atoms with Gasteiger partial charge < -0.3 is 10.6 Å². The monoisotopic (exact) mass is 276 g/mol. The van der Waals surface area contributed by atoms with Crippen LogP contribution in [0.25, 0.3) is 0 Å². The minimum Gasteiger partial charge on any atom is -0.325 e. The van der Waals surface area contributed by atoms with Crippen LogP contribution >= 0.6 is 11.8 Å². The Kier molecular flexibility index (Phi) is 5.05. The number of amides is 1. The van der Waals surface area contributed by atoms with Gasteiger partial charge in [-0.05, 0) is 31.1 Å². The van der Waals surface area contributed by atoms with Crippen LogP contribution in [0.5, 0.6) is 0 Å². The molecular formula is C15H20N2OS. The molecule has 4 heteroatoms. The second kappa shape index (κ2) is 6.78. The summed E-state index contributed by atoms with van der Waals surface area (Å²) >= 11 is 1.68. The van der Waals surface area contributed by atoms with Gasteiger partial charge in [0, 0.05) is 16.6 Å². The fourth-order valence-corrected chi connectivity index (χ4v) is 2.72. The first-order valence-electron chi connectivity index (χ1n) is 6.56. The van der Waals surface area contributed by atoms with Crippen LogP contribution in [0.2, 0.25) is 0 Å². The third kappa shape index (κ3) is 3.61. The van der Waals surface area contributed by atoms with E-state index in [2.05, 4.69) is 17.2 Å². The van der Waals surface area contributed by atoms with Crippen molar-refractivity contribution in [2.75, 3.05) is 24.2 Å². The van der Waals surface area contributed by atoms with Gasteiger partial charge in [-0.3, -0.25) is 4.79 Å². The van der Waals surface area contributed by atoms with E-state index in [4.69, 9.17) is 0 Å². The highest BCUT2D eigenvalue weighted by atomic mass is 32.2. The van der Waals surface area contributed by atoms with Crippen LogP contribution in [-0.2, 0) is 4.79 Å². The Labute approximate surface area is 118 Å². The van der Waals surface area contributed by atoms with Crippen molar-refractivity contribution in [2.24, 2.45) is 11.8 Å². The molecule has 0 spiro atoms. The summed E-state index contributed by atoms with van der Waals surface area (Å²) in [6.45, 7) is 7.61. The number of hydrogen-bond donors (Lipinski definition) is 2. The Morgan fingerprint density at radius 1 is 1.58 bits per heavy atom. The first kappa shape index (κ1) is 14.2. The predicted octanol–water partition coefficient (Wildman–Crippen LogP) is 2.76. The van der Waals surface area contributed by atoms with E-state index in [-0.39, 0.29) is 11.8 Å². The number of carbonyl (C=O) groups excluding carboxylic acids is 1. The lowest BCUT2D eigenvalue weighted by molar-refractivity contribution is -0.121. The first-order valence-corrected chi connectivity index (χ1v) is 7.55. The van der Waals surface area contributed by atoms with E-state index in [1.165, 1.54) is 0 Å². The van der Waals surface area contributed by atoms with E-state index in [0.717, 1.165) is 29.4 Å². The Morgan fingerprint density at radius 2 is 2.32 bits per heavy atom. The van der Waals surface area contributed by atoms with Crippen LogP contribution in [0, 0.1) is 11.8 Å². The molecule has 1 aliphatic rings. The fraction of sp³-hybridized carbons (Fsp3) is 0.400. The summed E-state index contributed by atoms with van der Waals surface area (Å²) in [5.41, 5.74) is 0.901. The Balaban J connectivity index is 2.00.